The van der Waals surface area contributed by atoms with E-state index in [1.54, 1.807) is 13.8 Å². The maximum atomic E-state index is 12.4. The van der Waals surface area contributed by atoms with Crippen molar-refractivity contribution in [3.05, 3.63) is 0 Å². The van der Waals surface area contributed by atoms with Crippen molar-refractivity contribution >= 4 is 11.9 Å². The van der Waals surface area contributed by atoms with Crippen molar-refractivity contribution in [3.63, 3.8) is 0 Å². The van der Waals surface area contributed by atoms with Crippen LogP contribution in [0.1, 0.15) is 73.6 Å². The van der Waals surface area contributed by atoms with E-state index in [-0.39, 0.29) is 5.41 Å². The lowest BCUT2D eigenvalue weighted by atomic mass is 9.71. The highest BCUT2D eigenvalue weighted by Crippen LogP contribution is 2.51. The van der Waals surface area contributed by atoms with E-state index >= 15 is 0 Å². The average molecular weight is 411 g/mol. The third-order valence-electron chi connectivity index (χ3n) is 7.31. The molecule has 0 aromatic carbocycles. The van der Waals surface area contributed by atoms with Crippen molar-refractivity contribution in [2.24, 2.45) is 16.7 Å². The van der Waals surface area contributed by atoms with Crippen molar-refractivity contribution in [1.82, 2.24) is 0 Å². The van der Waals surface area contributed by atoms with Gasteiger partial charge in [-0.25, -0.2) is 4.79 Å². The number of fused-ring (bicyclic) bond motifs is 3. The number of rotatable bonds is 3. The van der Waals surface area contributed by atoms with Crippen LogP contribution in [0.4, 0.5) is 0 Å². The summed E-state index contributed by atoms with van der Waals surface area (Å²) in [6.07, 6.45) is 0.864. The van der Waals surface area contributed by atoms with Gasteiger partial charge in [-0.1, -0.05) is 27.7 Å². The highest BCUT2D eigenvalue weighted by atomic mass is 16.9. The summed E-state index contributed by atoms with van der Waals surface area (Å²) < 4.78 is 29.5. The molecule has 4 aliphatic rings. The van der Waals surface area contributed by atoms with Gasteiger partial charge in [-0.05, 0) is 44.4 Å². The third kappa shape index (κ3) is 3.59. The van der Waals surface area contributed by atoms with E-state index in [4.69, 9.17) is 23.7 Å². The van der Waals surface area contributed by atoms with Crippen molar-refractivity contribution in [1.29, 1.82) is 0 Å². The molecule has 3 aliphatic heterocycles. The molecule has 164 valence electrons. The smallest absolute Gasteiger partial charge is 0.350 e. The lowest BCUT2D eigenvalue weighted by Gasteiger charge is -2.41. The minimum atomic E-state index is -1.07. The Hall–Kier alpha value is -1.18. The molecule has 4 fully saturated rings. The van der Waals surface area contributed by atoms with E-state index in [1.165, 1.54) is 0 Å². The Balaban J connectivity index is 1.40. The molecule has 0 amide bonds. The molecule has 0 aromatic heterocycles. The van der Waals surface area contributed by atoms with Crippen LogP contribution in [-0.4, -0.2) is 48.4 Å². The Morgan fingerprint density at radius 1 is 1.07 bits per heavy atom. The van der Waals surface area contributed by atoms with E-state index in [0.717, 1.165) is 25.7 Å². The van der Waals surface area contributed by atoms with E-state index in [2.05, 4.69) is 20.8 Å². The van der Waals surface area contributed by atoms with Crippen LogP contribution in [0.15, 0.2) is 0 Å². The summed E-state index contributed by atoms with van der Waals surface area (Å²) in [6, 6.07) is 0. The number of hydrogen-bond acceptors (Lipinski definition) is 7. The number of esters is 2. The Kier molecular flexibility index (Phi) is 5.03. The molecule has 0 aromatic rings. The molecule has 7 nitrogen and oxygen atoms in total. The summed E-state index contributed by atoms with van der Waals surface area (Å²) in [5, 5.41) is 0. The predicted molar refractivity (Wildman–Crippen MR) is 103 cm³/mol. The molecule has 3 saturated heterocycles. The Morgan fingerprint density at radius 2 is 1.72 bits per heavy atom. The summed E-state index contributed by atoms with van der Waals surface area (Å²) >= 11 is 0. The third-order valence-corrected chi connectivity index (χ3v) is 7.31. The lowest BCUT2D eigenvalue weighted by Crippen LogP contribution is -2.43. The first kappa shape index (κ1) is 21.1. The first-order chi connectivity index (χ1) is 13.5. The second-order valence-corrected chi connectivity index (χ2v) is 10.7. The molecular weight excluding hydrogens is 376 g/mol. The largest absolute Gasteiger partial charge is 0.454 e. The Labute approximate surface area is 172 Å². The van der Waals surface area contributed by atoms with Gasteiger partial charge in [0.25, 0.3) is 0 Å². The van der Waals surface area contributed by atoms with E-state index < -0.39 is 53.8 Å². The second kappa shape index (κ2) is 6.92. The van der Waals surface area contributed by atoms with Gasteiger partial charge in [0.05, 0.1) is 5.41 Å². The average Bonchev–Trinajstić information content (AvgIpc) is 3.23. The standard InChI is InChI=1S/C22H34O7/c1-7-21(5,6)19(24)27-15-13-14(25-17(15)23)16-18(26-13)29-22(28-16)10-8-12(9-11-22)20(2,3)4/h12-16,18H,7-11H2,1-6H3/t12?,13-,14-,15-,16+,18+,22?/m0/s1. The van der Waals surface area contributed by atoms with Crippen molar-refractivity contribution < 1.29 is 33.3 Å². The zero-order chi connectivity index (χ0) is 21.2. The lowest BCUT2D eigenvalue weighted by molar-refractivity contribution is -0.251. The molecule has 1 spiro atoms. The molecule has 29 heavy (non-hydrogen) atoms. The fourth-order valence-electron chi connectivity index (χ4n) is 4.76. The number of ether oxygens (including phenoxy) is 5. The molecule has 1 saturated carbocycles. The van der Waals surface area contributed by atoms with Crippen LogP contribution >= 0.6 is 0 Å². The monoisotopic (exact) mass is 410 g/mol. The topological polar surface area (TPSA) is 80.3 Å². The zero-order valence-electron chi connectivity index (χ0n) is 18.4. The number of carbonyl (C=O) groups excluding carboxylic acids is 2. The fourth-order valence-corrected chi connectivity index (χ4v) is 4.76. The molecule has 0 bridgehead atoms. The summed E-state index contributed by atoms with van der Waals surface area (Å²) in [5.41, 5.74) is -0.405. The molecule has 7 heteroatoms. The number of carbonyl (C=O) groups is 2. The number of hydrogen-bond donors (Lipinski definition) is 0. The van der Waals surface area contributed by atoms with Gasteiger partial charge < -0.3 is 23.7 Å². The fraction of sp³-hybridized carbons (Fsp3) is 0.909. The molecule has 0 unspecified atom stereocenters. The van der Waals surface area contributed by atoms with Gasteiger partial charge in [0.2, 0.25) is 6.10 Å². The van der Waals surface area contributed by atoms with E-state index in [0.29, 0.717) is 12.3 Å². The molecule has 1 aliphatic carbocycles. The maximum Gasteiger partial charge on any atom is 0.350 e. The van der Waals surface area contributed by atoms with Gasteiger partial charge in [-0.15, -0.1) is 0 Å². The van der Waals surface area contributed by atoms with Crippen LogP contribution in [0.3, 0.4) is 0 Å². The molecule has 0 N–H and O–H groups in total. The molecule has 4 rings (SSSR count). The van der Waals surface area contributed by atoms with Gasteiger partial charge in [-0.3, -0.25) is 4.79 Å². The quantitative estimate of drug-likeness (QED) is 0.660. The summed E-state index contributed by atoms with van der Waals surface area (Å²) in [6.45, 7) is 12.3. The first-order valence-electron chi connectivity index (χ1n) is 10.9. The van der Waals surface area contributed by atoms with Crippen LogP contribution in [-0.2, 0) is 33.3 Å². The first-order valence-corrected chi connectivity index (χ1v) is 10.9. The summed E-state index contributed by atoms with van der Waals surface area (Å²) in [5.74, 6) is -1.03. The van der Waals surface area contributed by atoms with E-state index in [9.17, 15) is 9.59 Å². The van der Waals surface area contributed by atoms with E-state index in [1.807, 2.05) is 6.92 Å². The molecule has 0 radical (unpaired) electrons. The SMILES string of the molecule is CCC(C)(C)C(=O)O[C@@H]1C(=O)O[C@@H]2[C@H]3OC4(CCC(C(C)(C)C)CC4)O[C@H]3O[C@@H]21. The second-order valence-electron chi connectivity index (χ2n) is 10.7. The molecular formula is C22H34O7. The van der Waals surface area contributed by atoms with Crippen LogP contribution in [0.2, 0.25) is 0 Å². The summed E-state index contributed by atoms with van der Waals surface area (Å²) in [7, 11) is 0. The Bertz CT molecular complexity index is 671. The highest BCUT2D eigenvalue weighted by molar-refractivity contribution is 5.84. The summed E-state index contributed by atoms with van der Waals surface area (Å²) in [4.78, 5) is 24.8. The van der Waals surface area contributed by atoms with Crippen LogP contribution < -0.4 is 0 Å². The van der Waals surface area contributed by atoms with Gasteiger partial charge >= 0.3 is 11.9 Å². The van der Waals surface area contributed by atoms with Crippen LogP contribution in [0.25, 0.3) is 0 Å². The van der Waals surface area contributed by atoms with Crippen molar-refractivity contribution in [3.8, 4) is 0 Å². The van der Waals surface area contributed by atoms with Gasteiger partial charge in [0.15, 0.2) is 24.3 Å². The van der Waals surface area contributed by atoms with Crippen molar-refractivity contribution in [2.75, 3.05) is 0 Å². The van der Waals surface area contributed by atoms with Gasteiger partial charge in [-0.2, -0.15) is 0 Å². The maximum absolute atomic E-state index is 12.4. The van der Waals surface area contributed by atoms with Crippen molar-refractivity contribution in [2.45, 2.75) is 110 Å². The normalized spacial score (nSPS) is 41.9. The van der Waals surface area contributed by atoms with Crippen LogP contribution in [0, 0.1) is 16.7 Å². The minimum Gasteiger partial charge on any atom is -0.454 e. The molecule has 3 heterocycles. The molecule has 5 atom stereocenters. The Morgan fingerprint density at radius 3 is 2.31 bits per heavy atom. The zero-order valence-corrected chi connectivity index (χ0v) is 18.4. The van der Waals surface area contributed by atoms with Gasteiger partial charge in [0, 0.05) is 12.8 Å². The minimum absolute atomic E-state index is 0.266. The predicted octanol–water partition coefficient (Wildman–Crippen LogP) is 3.33. The van der Waals surface area contributed by atoms with Gasteiger partial charge in [0.1, 0.15) is 6.10 Å². The van der Waals surface area contributed by atoms with Crippen LogP contribution in [0.5, 0.6) is 0 Å². The highest BCUT2D eigenvalue weighted by Gasteiger charge is 2.66.